The fraction of sp³-hybridized carbons (Fsp3) is 0.643. The first-order chi connectivity index (χ1) is 17.9. The van der Waals surface area contributed by atoms with Gasteiger partial charge in [-0.1, -0.05) is 24.3 Å². The van der Waals surface area contributed by atoms with E-state index in [1.165, 1.54) is 6.07 Å². The highest BCUT2D eigenvalue weighted by Crippen LogP contribution is 2.39. The highest BCUT2D eigenvalue weighted by molar-refractivity contribution is 7.81. The van der Waals surface area contributed by atoms with Crippen LogP contribution in [0.3, 0.4) is 0 Å². The minimum atomic E-state index is -0.568. The second-order valence-corrected chi connectivity index (χ2v) is 11.3. The highest BCUT2D eigenvalue weighted by atomic mass is 32.1. The van der Waals surface area contributed by atoms with Crippen LogP contribution in [0.4, 0.5) is 4.39 Å². The van der Waals surface area contributed by atoms with Crippen molar-refractivity contribution >= 4 is 24.3 Å². The predicted octanol–water partition coefficient (Wildman–Crippen LogP) is 3.42. The van der Waals surface area contributed by atoms with Crippen LogP contribution in [0.15, 0.2) is 35.9 Å². The van der Waals surface area contributed by atoms with Gasteiger partial charge in [-0.2, -0.15) is 12.6 Å². The largest absolute Gasteiger partial charge is 0.337 e. The van der Waals surface area contributed by atoms with E-state index in [1.54, 1.807) is 18.2 Å². The Kier molecular flexibility index (Phi) is 8.66. The van der Waals surface area contributed by atoms with Gasteiger partial charge in [0.05, 0.1) is 12.6 Å². The zero-order chi connectivity index (χ0) is 25.9. The number of halogens is 1. The van der Waals surface area contributed by atoms with Gasteiger partial charge in [-0.05, 0) is 57.2 Å². The van der Waals surface area contributed by atoms with Gasteiger partial charge in [0.25, 0.3) is 0 Å². The summed E-state index contributed by atoms with van der Waals surface area (Å²) in [5.74, 6) is -0.0366. The summed E-state index contributed by atoms with van der Waals surface area (Å²) in [6.45, 7) is 6.50. The average molecular weight is 532 g/mol. The van der Waals surface area contributed by atoms with Crippen LogP contribution in [-0.4, -0.2) is 90.0 Å². The van der Waals surface area contributed by atoms with E-state index in [0.29, 0.717) is 38.3 Å². The Labute approximate surface area is 224 Å². The van der Waals surface area contributed by atoms with Crippen LogP contribution in [0.25, 0.3) is 0 Å². The van der Waals surface area contributed by atoms with Gasteiger partial charge < -0.3 is 14.4 Å². The molecule has 3 saturated heterocycles. The lowest BCUT2D eigenvalue weighted by Crippen LogP contribution is -2.50. The van der Waals surface area contributed by atoms with Crippen LogP contribution in [0, 0.1) is 11.7 Å². The number of thiol groups is 1. The van der Waals surface area contributed by atoms with Gasteiger partial charge >= 0.3 is 0 Å². The Balaban J connectivity index is 1.17. The minimum absolute atomic E-state index is 0.0389. The molecule has 0 bridgehead atoms. The molecule has 202 valence electrons. The van der Waals surface area contributed by atoms with Crippen LogP contribution >= 0.6 is 12.6 Å². The van der Waals surface area contributed by atoms with Gasteiger partial charge in [-0.3, -0.25) is 19.4 Å². The standard InChI is InChI=1S/C28H38FN3O4S/c1-19-35-26(36-19)7-4-12-30-15-16-31(25(33)18-30)13-10-21-17-32(14-11-24(21)37)27(28(34)20-8-9-20)22-5-2-3-6-23(22)29/h2-3,5-6,10,19-20,24,26-27,37H,4,7-9,11-18H2,1H3/b21-10+. The Morgan fingerprint density at radius 1 is 1.16 bits per heavy atom. The first-order valence-electron chi connectivity index (χ1n) is 13.6. The first kappa shape index (κ1) is 26.8. The summed E-state index contributed by atoms with van der Waals surface area (Å²) in [6.07, 6.45) is 6.27. The summed E-state index contributed by atoms with van der Waals surface area (Å²) >= 11 is 4.80. The van der Waals surface area contributed by atoms with Gasteiger partial charge in [0, 0.05) is 49.5 Å². The van der Waals surface area contributed by atoms with Gasteiger partial charge in [0.1, 0.15) is 5.82 Å². The molecule has 3 heterocycles. The molecule has 1 amide bonds. The summed E-state index contributed by atoms with van der Waals surface area (Å²) in [5, 5.41) is 0.0728. The van der Waals surface area contributed by atoms with Crippen molar-refractivity contribution in [2.75, 3.05) is 45.8 Å². The van der Waals surface area contributed by atoms with Crippen LogP contribution in [-0.2, 0) is 19.1 Å². The number of hydrogen-bond acceptors (Lipinski definition) is 7. The number of ether oxygens (including phenoxy) is 2. The maximum Gasteiger partial charge on any atom is 0.237 e. The number of rotatable bonds is 10. The van der Waals surface area contributed by atoms with Gasteiger partial charge in [-0.15, -0.1) is 0 Å². The van der Waals surface area contributed by atoms with Crippen molar-refractivity contribution in [2.45, 2.75) is 62.9 Å². The SMILES string of the molecule is CC1OC(CCCN2CCN(C/C=C3\CN(C(C(=O)C4CC4)c4ccccc4F)CCC3S)C(=O)C2)O1. The second-order valence-electron chi connectivity index (χ2n) is 10.7. The molecular formula is C28H38FN3O4S. The monoisotopic (exact) mass is 531 g/mol. The summed E-state index contributed by atoms with van der Waals surface area (Å²) < 4.78 is 25.7. The summed E-state index contributed by atoms with van der Waals surface area (Å²) in [4.78, 5) is 32.3. The molecular weight excluding hydrogens is 493 g/mol. The number of amides is 1. The number of piperidine rings is 1. The predicted molar refractivity (Wildman–Crippen MR) is 142 cm³/mol. The van der Waals surface area contributed by atoms with Crippen molar-refractivity contribution in [1.82, 2.24) is 14.7 Å². The van der Waals surface area contributed by atoms with Crippen LogP contribution < -0.4 is 0 Å². The van der Waals surface area contributed by atoms with Crippen molar-refractivity contribution in [3.8, 4) is 0 Å². The third-order valence-electron chi connectivity index (χ3n) is 7.89. The van der Waals surface area contributed by atoms with Gasteiger partial charge in [-0.25, -0.2) is 4.39 Å². The van der Waals surface area contributed by atoms with Crippen molar-refractivity contribution < 1.29 is 23.5 Å². The van der Waals surface area contributed by atoms with E-state index in [1.807, 2.05) is 11.8 Å². The van der Waals surface area contributed by atoms with E-state index < -0.39 is 6.04 Å². The van der Waals surface area contributed by atoms with Crippen molar-refractivity contribution in [2.24, 2.45) is 5.92 Å². The molecule has 1 aromatic rings. The Morgan fingerprint density at radius 2 is 1.95 bits per heavy atom. The fourth-order valence-electron chi connectivity index (χ4n) is 5.56. The summed E-state index contributed by atoms with van der Waals surface area (Å²) in [5.41, 5.74) is 1.57. The van der Waals surface area contributed by atoms with E-state index in [0.717, 1.165) is 50.8 Å². The molecule has 0 spiro atoms. The lowest BCUT2D eigenvalue weighted by atomic mass is 9.93. The van der Waals surface area contributed by atoms with Crippen molar-refractivity contribution in [3.05, 3.63) is 47.3 Å². The lowest BCUT2D eigenvalue weighted by molar-refractivity contribution is -0.377. The topological polar surface area (TPSA) is 62.3 Å². The van der Waals surface area contributed by atoms with Crippen LogP contribution in [0.2, 0.25) is 0 Å². The number of piperazine rings is 1. The number of benzene rings is 1. The maximum absolute atomic E-state index is 14.8. The smallest absolute Gasteiger partial charge is 0.237 e. The number of nitrogens with zero attached hydrogens (tertiary/aromatic N) is 3. The molecule has 1 aromatic carbocycles. The number of Topliss-reactive ketones (excluding diaryl/α,β-unsaturated/α-hetero) is 1. The number of carbonyl (C=O) groups excluding carboxylic acids is 2. The number of likely N-dealkylation sites (tertiary alicyclic amines) is 1. The molecule has 0 radical (unpaired) electrons. The third-order valence-corrected chi connectivity index (χ3v) is 8.48. The molecule has 4 aliphatic rings. The Hall–Kier alpha value is -1.78. The normalized spacial score (nSPS) is 29.4. The molecule has 5 rings (SSSR count). The number of hydrogen-bond donors (Lipinski definition) is 1. The third kappa shape index (κ3) is 6.63. The zero-order valence-electron chi connectivity index (χ0n) is 21.6. The summed E-state index contributed by atoms with van der Waals surface area (Å²) in [6, 6.07) is 6.07. The van der Waals surface area contributed by atoms with Gasteiger partial charge in [0.2, 0.25) is 5.91 Å². The average Bonchev–Trinajstić information content (AvgIpc) is 3.71. The molecule has 4 fully saturated rings. The first-order valence-corrected chi connectivity index (χ1v) is 14.1. The van der Waals surface area contributed by atoms with Gasteiger partial charge in [0.15, 0.2) is 18.4 Å². The minimum Gasteiger partial charge on any atom is -0.337 e. The van der Waals surface area contributed by atoms with Crippen molar-refractivity contribution in [3.63, 3.8) is 0 Å². The molecule has 1 aliphatic carbocycles. The van der Waals surface area contributed by atoms with E-state index >= 15 is 0 Å². The highest BCUT2D eigenvalue weighted by Gasteiger charge is 2.41. The molecule has 7 nitrogen and oxygen atoms in total. The van der Waals surface area contributed by atoms with Crippen molar-refractivity contribution in [1.29, 1.82) is 0 Å². The molecule has 2 atom stereocenters. The summed E-state index contributed by atoms with van der Waals surface area (Å²) in [7, 11) is 0. The maximum atomic E-state index is 14.8. The molecule has 2 unspecified atom stereocenters. The van der Waals surface area contributed by atoms with E-state index in [4.69, 9.17) is 22.1 Å². The lowest BCUT2D eigenvalue weighted by Gasteiger charge is -2.38. The quantitative estimate of drug-likeness (QED) is 0.369. The zero-order valence-corrected chi connectivity index (χ0v) is 22.5. The van der Waals surface area contributed by atoms with E-state index in [2.05, 4.69) is 15.9 Å². The molecule has 0 aromatic heterocycles. The number of ketones is 1. The van der Waals surface area contributed by atoms with E-state index in [-0.39, 0.29) is 41.3 Å². The molecule has 37 heavy (non-hydrogen) atoms. The van der Waals surface area contributed by atoms with Crippen LogP contribution in [0.5, 0.6) is 0 Å². The Bertz CT molecular complexity index is 1010. The van der Waals surface area contributed by atoms with E-state index in [9.17, 15) is 14.0 Å². The Morgan fingerprint density at radius 3 is 2.65 bits per heavy atom. The second kappa shape index (κ2) is 11.9. The molecule has 0 N–H and O–H groups in total. The molecule has 9 heteroatoms. The molecule has 3 aliphatic heterocycles. The number of carbonyl (C=O) groups is 2. The van der Waals surface area contributed by atoms with Crippen LogP contribution in [0.1, 0.15) is 50.6 Å². The molecule has 1 saturated carbocycles. The fourth-order valence-corrected chi connectivity index (χ4v) is 5.86.